The molecule has 0 bridgehead atoms. The van der Waals surface area contributed by atoms with Crippen LogP contribution in [0.1, 0.15) is 32.2 Å². The minimum absolute atomic E-state index is 0.189. The second kappa shape index (κ2) is 7.51. The number of hydrogen-bond donors (Lipinski definition) is 3. The van der Waals surface area contributed by atoms with Gasteiger partial charge in [-0.05, 0) is 20.8 Å². The van der Waals surface area contributed by atoms with Crippen LogP contribution < -0.4 is 16.0 Å². The Morgan fingerprint density at radius 2 is 1.22 bits per heavy atom. The molecule has 12 nitrogen and oxygen atoms in total. The second-order valence-electron chi connectivity index (χ2n) is 7.16. The van der Waals surface area contributed by atoms with Crippen molar-refractivity contribution < 1.29 is 0 Å². The van der Waals surface area contributed by atoms with Gasteiger partial charge in [-0.2, -0.15) is 15.0 Å². The predicted octanol–water partition coefficient (Wildman–Crippen LogP) is 0.563. The molecular formula is C15H24N12. The Kier molecular flexibility index (Phi) is 5.14. The van der Waals surface area contributed by atoms with Crippen molar-refractivity contribution in [2.45, 2.75) is 39.4 Å². The van der Waals surface area contributed by atoms with Crippen LogP contribution in [0.2, 0.25) is 0 Å². The van der Waals surface area contributed by atoms with E-state index in [0.717, 1.165) is 11.4 Å². The van der Waals surface area contributed by atoms with Crippen molar-refractivity contribution in [3.63, 3.8) is 0 Å². The molecule has 0 saturated heterocycles. The molecule has 12 heteroatoms. The van der Waals surface area contributed by atoms with Crippen molar-refractivity contribution in [3.05, 3.63) is 23.8 Å². The first kappa shape index (κ1) is 18.5. The van der Waals surface area contributed by atoms with Crippen molar-refractivity contribution in [3.8, 4) is 0 Å². The maximum absolute atomic E-state index is 4.43. The fourth-order valence-corrected chi connectivity index (χ4v) is 2.22. The molecule has 0 aliphatic heterocycles. The van der Waals surface area contributed by atoms with E-state index >= 15 is 0 Å². The number of nitrogens with zero attached hydrogens (tertiary/aromatic N) is 9. The lowest BCUT2D eigenvalue weighted by molar-refractivity contribution is 0.625. The Balaban J connectivity index is 1.74. The highest BCUT2D eigenvalue weighted by Crippen LogP contribution is 2.15. The highest BCUT2D eigenvalue weighted by atomic mass is 15.4. The first-order valence-electron chi connectivity index (χ1n) is 8.49. The van der Waals surface area contributed by atoms with Gasteiger partial charge in [0.2, 0.25) is 17.8 Å². The molecule has 3 N–H and O–H groups in total. The summed E-state index contributed by atoms with van der Waals surface area (Å²) >= 11 is 0. The van der Waals surface area contributed by atoms with E-state index in [9.17, 15) is 0 Å². The van der Waals surface area contributed by atoms with Gasteiger partial charge in [0.1, 0.15) is 11.4 Å². The van der Waals surface area contributed by atoms with Gasteiger partial charge < -0.3 is 16.0 Å². The Labute approximate surface area is 156 Å². The second-order valence-corrected chi connectivity index (χ2v) is 7.16. The summed E-state index contributed by atoms with van der Waals surface area (Å²) in [5.74, 6) is 1.34. The summed E-state index contributed by atoms with van der Waals surface area (Å²) in [7, 11) is 3.64. The van der Waals surface area contributed by atoms with E-state index in [-0.39, 0.29) is 5.54 Å². The SMILES string of the molecule is Cn1cc(CNc2nc(NCc3cn(C)nn3)nc(NC(C)(C)C)n2)nn1. The van der Waals surface area contributed by atoms with Gasteiger partial charge in [-0.15, -0.1) is 10.2 Å². The maximum Gasteiger partial charge on any atom is 0.229 e. The van der Waals surface area contributed by atoms with Crippen molar-refractivity contribution in [2.24, 2.45) is 14.1 Å². The summed E-state index contributed by atoms with van der Waals surface area (Å²) in [5.41, 5.74) is 1.39. The Morgan fingerprint density at radius 1 is 0.778 bits per heavy atom. The zero-order valence-corrected chi connectivity index (χ0v) is 16.1. The quantitative estimate of drug-likeness (QED) is 0.539. The number of anilines is 3. The molecule has 0 aromatic carbocycles. The van der Waals surface area contributed by atoms with Crippen LogP contribution in [-0.4, -0.2) is 50.5 Å². The Bertz CT molecular complexity index is 828. The van der Waals surface area contributed by atoms with Crippen molar-refractivity contribution >= 4 is 17.8 Å². The molecule has 27 heavy (non-hydrogen) atoms. The van der Waals surface area contributed by atoms with E-state index in [1.165, 1.54) is 0 Å². The lowest BCUT2D eigenvalue weighted by Gasteiger charge is -2.21. The van der Waals surface area contributed by atoms with Gasteiger partial charge in [-0.25, -0.2) is 0 Å². The summed E-state index contributed by atoms with van der Waals surface area (Å²) in [4.78, 5) is 13.3. The van der Waals surface area contributed by atoms with Crippen LogP contribution in [0.4, 0.5) is 17.8 Å². The van der Waals surface area contributed by atoms with Gasteiger partial charge in [0.15, 0.2) is 0 Å². The molecule has 144 valence electrons. The third kappa shape index (κ3) is 5.59. The lowest BCUT2D eigenvalue weighted by Crippen LogP contribution is -2.28. The van der Waals surface area contributed by atoms with Crippen molar-refractivity contribution in [2.75, 3.05) is 16.0 Å². The van der Waals surface area contributed by atoms with Gasteiger partial charge >= 0.3 is 0 Å². The summed E-state index contributed by atoms with van der Waals surface area (Å²) in [5, 5.41) is 25.5. The number of hydrogen-bond acceptors (Lipinski definition) is 10. The molecule has 0 saturated carbocycles. The minimum atomic E-state index is -0.189. The topological polar surface area (TPSA) is 136 Å². The fourth-order valence-electron chi connectivity index (χ4n) is 2.22. The van der Waals surface area contributed by atoms with Gasteiger partial charge in [0, 0.05) is 32.0 Å². The maximum atomic E-state index is 4.43. The zero-order valence-electron chi connectivity index (χ0n) is 16.1. The largest absolute Gasteiger partial charge is 0.349 e. The molecule has 0 unspecified atom stereocenters. The molecule has 0 fully saturated rings. The molecule has 0 radical (unpaired) electrons. The average Bonchev–Trinajstić information content (AvgIpc) is 3.17. The number of rotatable bonds is 7. The van der Waals surface area contributed by atoms with E-state index in [2.05, 4.69) is 51.5 Å². The molecule has 0 spiro atoms. The van der Waals surface area contributed by atoms with Crippen LogP contribution in [0, 0.1) is 0 Å². The van der Waals surface area contributed by atoms with Crippen LogP contribution in [0.15, 0.2) is 12.4 Å². The van der Waals surface area contributed by atoms with Gasteiger partial charge in [0.25, 0.3) is 0 Å². The number of nitrogens with one attached hydrogen (secondary N) is 3. The van der Waals surface area contributed by atoms with E-state index < -0.39 is 0 Å². The molecule has 3 aromatic rings. The third-order valence-corrected chi connectivity index (χ3v) is 3.28. The third-order valence-electron chi connectivity index (χ3n) is 3.28. The number of aromatic nitrogens is 9. The summed E-state index contributed by atoms with van der Waals surface area (Å²) < 4.78 is 3.29. The van der Waals surface area contributed by atoms with Crippen LogP contribution in [0.25, 0.3) is 0 Å². The summed E-state index contributed by atoms with van der Waals surface area (Å²) in [6.45, 7) is 7.02. The highest BCUT2D eigenvalue weighted by Gasteiger charge is 2.14. The molecular weight excluding hydrogens is 348 g/mol. The zero-order chi connectivity index (χ0) is 19.4. The first-order valence-corrected chi connectivity index (χ1v) is 8.49. The standard InChI is InChI=1S/C15H24N12/c1-15(2,3)21-14-19-12(16-6-10-8-26(4)24-22-10)18-13(20-14)17-7-11-9-27(5)25-23-11/h8-9H,6-7H2,1-5H3,(H3,16,17,18,19,20,21). The fraction of sp³-hybridized carbons (Fsp3) is 0.533. The monoisotopic (exact) mass is 372 g/mol. The minimum Gasteiger partial charge on any atom is -0.349 e. The van der Waals surface area contributed by atoms with E-state index in [1.807, 2.05) is 47.3 Å². The molecule has 0 atom stereocenters. The van der Waals surface area contributed by atoms with Crippen LogP contribution >= 0.6 is 0 Å². The van der Waals surface area contributed by atoms with Crippen molar-refractivity contribution in [1.29, 1.82) is 0 Å². The Morgan fingerprint density at radius 3 is 1.59 bits per heavy atom. The van der Waals surface area contributed by atoms with Crippen molar-refractivity contribution in [1.82, 2.24) is 44.9 Å². The highest BCUT2D eigenvalue weighted by molar-refractivity contribution is 5.43. The van der Waals surface area contributed by atoms with E-state index in [0.29, 0.717) is 30.9 Å². The molecule has 3 rings (SSSR count). The summed E-state index contributed by atoms with van der Waals surface area (Å²) in [6.07, 6.45) is 3.66. The first-order chi connectivity index (χ1) is 12.8. The predicted molar refractivity (Wildman–Crippen MR) is 99.9 cm³/mol. The molecule has 0 aliphatic carbocycles. The molecule has 0 aliphatic rings. The molecule has 3 heterocycles. The van der Waals surface area contributed by atoms with E-state index in [4.69, 9.17) is 0 Å². The molecule has 0 amide bonds. The normalized spacial score (nSPS) is 11.4. The summed E-state index contributed by atoms with van der Waals surface area (Å²) in [6, 6.07) is 0. The van der Waals surface area contributed by atoms with Gasteiger partial charge in [-0.1, -0.05) is 10.4 Å². The average molecular weight is 372 g/mol. The smallest absolute Gasteiger partial charge is 0.229 e. The van der Waals surface area contributed by atoms with E-state index in [1.54, 1.807) is 9.36 Å². The van der Waals surface area contributed by atoms with Crippen LogP contribution in [0.3, 0.4) is 0 Å². The van der Waals surface area contributed by atoms with Crippen LogP contribution in [0.5, 0.6) is 0 Å². The van der Waals surface area contributed by atoms with Gasteiger partial charge in [-0.3, -0.25) is 9.36 Å². The van der Waals surface area contributed by atoms with Crippen LogP contribution in [-0.2, 0) is 27.2 Å². The van der Waals surface area contributed by atoms with Gasteiger partial charge in [0.05, 0.1) is 13.1 Å². The lowest BCUT2D eigenvalue weighted by atomic mass is 10.1. The molecule has 3 aromatic heterocycles. The Hall–Kier alpha value is -3.31. The number of aryl methyl sites for hydroxylation is 2.